The van der Waals surface area contributed by atoms with E-state index in [0.29, 0.717) is 28.6 Å². The molecule has 0 saturated heterocycles. The van der Waals surface area contributed by atoms with Gasteiger partial charge in [0.1, 0.15) is 17.9 Å². The van der Waals surface area contributed by atoms with Crippen molar-refractivity contribution in [3.63, 3.8) is 0 Å². The molecule has 0 aliphatic heterocycles. The van der Waals surface area contributed by atoms with Gasteiger partial charge in [0.15, 0.2) is 5.43 Å². The molecule has 1 aromatic heterocycles. The van der Waals surface area contributed by atoms with Gasteiger partial charge in [-0.2, -0.15) is 0 Å². The van der Waals surface area contributed by atoms with Crippen molar-refractivity contribution in [2.24, 2.45) is 0 Å². The minimum atomic E-state index is -0.381. The molecule has 0 N–H and O–H groups in total. The van der Waals surface area contributed by atoms with Crippen LogP contribution in [-0.4, -0.2) is 34.7 Å². The number of carbonyl (C=O) groups is 2. The van der Waals surface area contributed by atoms with Crippen LogP contribution in [0.3, 0.4) is 0 Å². The zero-order valence-corrected chi connectivity index (χ0v) is 21.9. The SMILES string of the molecule is CCCCN(CC(=O)N(Cc1ccc(F)cc1)Cc1coc2ccccc2c1=O)C(=O)C=Cc1ccccc1. The summed E-state index contributed by atoms with van der Waals surface area (Å²) in [5.41, 5.74) is 2.14. The molecule has 200 valence electrons. The molecule has 4 aromatic rings. The van der Waals surface area contributed by atoms with Crippen LogP contribution >= 0.6 is 0 Å². The van der Waals surface area contributed by atoms with Crippen molar-refractivity contribution in [1.29, 1.82) is 0 Å². The lowest BCUT2D eigenvalue weighted by atomic mass is 10.1. The van der Waals surface area contributed by atoms with Crippen LogP contribution < -0.4 is 5.43 Å². The van der Waals surface area contributed by atoms with Gasteiger partial charge in [0.25, 0.3) is 0 Å². The van der Waals surface area contributed by atoms with Crippen molar-refractivity contribution in [3.8, 4) is 0 Å². The number of rotatable bonds is 11. The Balaban J connectivity index is 1.59. The van der Waals surface area contributed by atoms with Crippen LogP contribution in [0.5, 0.6) is 0 Å². The van der Waals surface area contributed by atoms with E-state index in [-0.39, 0.29) is 42.7 Å². The fourth-order valence-electron chi connectivity index (χ4n) is 4.19. The van der Waals surface area contributed by atoms with Crippen molar-refractivity contribution in [2.75, 3.05) is 13.1 Å². The number of benzene rings is 3. The predicted molar refractivity (Wildman–Crippen MR) is 150 cm³/mol. The maximum absolute atomic E-state index is 13.6. The molecule has 0 aliphatic carbocycles. The summed E-state index contributed by atoms with van der Waals surface area (Å²) in [6, 6.07) is 22.2. The standard InChI is InChI=1S/C32H31FN2O4/c1-2-3-19-34(30(36)18-15-24-9-5-4-6-10-24)22-31(37)35(20-25-13-16-27(33)17-14-25)21-26-23-39-29-12-8-7-11-28(29)32(26)38/h4-18,23H,2-3,19-22H2,1H3. The Kier molecular flexibility index (Phi) is 9.40. The average Bonchev–Trinajstić information content (AvgIpc) is 2.96. The summed E-state index contributed by atoms with van der Waals surface area (Å²) in [5, 5.41) is 0.426. The smallest absolute Gasteiger partial charge is 0.247 e. The number of para-hydroxylation sites is 1. The maximum Gasteiger partial charge on any atom is 0.247 e. The highest BCUT2D eigenvalue weighted by atomic mass is 19.1. The molecule has 0 spiro atoms. The molecule has 0 aliphatic rings. The van der Waals surface area contributed by atoms with Crippen molar-refractivity contribution in [3.05, 3.63) is 124 Å². The molecule has 3 aromatic carbocycles. The molecule has 7 heteroatoms. The minimum absolute atomic E-state index is 0.0148. The van der Waals surface area contributed by atoms with E-state index in [4.69, 9.17) is 4.42 Å². The van der Waals surface area contributed by atoms with E-state index in [1.807, 2.05) is 37.3 Å². The third-order valence-corrected chi connectivity index (χ3v) is 6.39. The predicted octanol–water partition coefficient (Wildman–Crippen LogP) is 5.80. The average molecular weight is 527 g/mol. The lowest BCUT2D eigenvalue weighted by Crippen LogP contribution is -2.42. The van der Waals surface area contributed by atoms with Gasteiger partial charge in [0, 0.05) is 19.2 Å². The first kappa shape index (κ1) is 27.5. The number of fused-ring (bicyclic) bond motifs is 1. The quantitative estimate of drug-likeness (QED) is 0.232. The Bertz CT molecular complexity index is 1500. The van der Waals surface area contributed by atoms with Crippen molar-refractivity contribution >= 4 is 28.9 Å². The van der Waals surface area contributed by atoms with Crippen LogP contribution in [-0.2, 0) is 22.7 Å². The highest BCUT2D eigenvalue weighted by molar-refractivity contribution is 5.94. The Labute approximate surface area is 227 Å². The fourth-order valence-corrected chi connectivity index (χ4v) is 4.19. The van der Waals surface area contributed by atoms with E-state index < -0.39 is 0 Å². The van der Waals surface area contributed by atoms with Gasteiger partial charge in [0.2, 0.25) is 11.8 Å². The van der Waals surface area contributed by atoms with E-state index in [1.165, 1.54) is 34.3 Å². The second-order valence-corrected chi connectivity index (χ2v) is 9.32. The first-order chi connectivity index (χ1) is 18.9. The summed E-state index contributed by atoms with van der Waals surface area (Å²) in [4.78, 5) is 42.9. The van der Waals surface area contributed by atoms with Crippen molar-refractivity contribution in [1.82, 2.24) is 9.80 Å². The van der Waals surface area contributed by atoms with Gasteiger partial charge in [-0.3, -0.25) is 14.4 Å². The topological polar surface area (TPSA) is 70.8 Å². The number of halogens is 1. The largest absolute Gasteiger partial charge is 0.464 e. The minimum Gasteiger partial charge on any atom is -0.464 e. The van der Waals surface area contributed by atoms with Gasteiger partial charge in [-0.25, -0.2) is 4.39 Å². The number of amides is 2. The Hall–Kier alpha value is -4.52. The van der Waals surface area contributed by atoms with Crippen LogP contribution in [0.2, 0.25) is 0 Å². The summed E-state index contributed by atoms with van der Waals surface area (Å²) in [5.74, 6) is -0.981. The summed E-state index contributed by atoms with van der Waals surface area (Å²) >= 11 is 0. The molecule has 39 heavy (non-hydrogen) atoms. The highest BCUT2D eigenvalue weighted by Gasteiger charge is 2.22. The number of nitrogens with zero attached hydrogens (tertiary/aromatic N) is 2. The molecule has 0 saturated carbocycles. The second-order valence-electron chi connectivity index (χ2n) is 9.32. The molecule has 0 bridgehead atoms. The zero-order chi connectivity index (χ0) is 27.6. The van der Waals surface area contributed by atoms with Crippen LogP contribution in [0, 0.1) is 5.82 Å². The monoisotopic (exact) mass is 526 g/mol. The Morgan fingerprint density at radius 3 is 2.36 bits per heavy atom. The first-order valence-electron chi connectivity index (χ1n) is 13.0. The zero-order valence-electron chi connectivity index (χ0n) is 21.9. The Morgan fingerprint density at radius 2 is 1.62 bits per heavy atom. The molecular formula is C32H31FN2O4. The molecule has 4 rings (SSSR count). The molecule has 6 nitrogen and oxygen atoms in total. The summed E-state index contributed by atoms with van der Waals surface area (Å²) in [7, 11) is 0. The Morgan fingerprint density at radius 1 is 0.897 bits per heavy atom. The lowest BCUT2D eigenvalue weighted by molar-refractivity contribution is -0.139. The molecule has 0 fully saturated rings. The first-order valence-corrected chi connectivity index (χ1v) is 13.0. The highest BCUT2D eigenvalue weighted by Crippen LogP contribution is 2.15. The third kappa shape index (κ3) is 7.51. The van der Waals surface area contributed by atoms with Crippen LogP contribution in [0.15, 0.2) is 100 Å². The van der Waals surface area contributed by atoms with Crippen LogP contribution in [0.1, 0.15) is 36.5 Å². The molecule has 2 amide bonds. The number of hydrogen-bond acceptors (Lipinski definition) is 4. The lowest BCUT2D eigenvalue weighted by Gasteiger charge is -2.27. The van der Waals surface area contributed by atoms with Crippen molar-refractivity contribution in [2.45, 2.75) is 32.9 Å². The van der Waals surface area contributed by atoms with Crippen LogP contribution in [0.25, 0.3) is 17.0 Å². The van der Waals surface area contributed by atoms with E-state index in [2.05, 4.69) is 0 Å². The van der Waals surface area contributed by atoms with Gasteiger partial charge in [-0.05, 0) is 47.9 Å². The van der Waals surface area contributed by atoms with Crippen molar-refractivity contribution < 1.29 is 18.4 Å². The van der Waals surface area contributed by atoms with E-state index in [0.717, 1.165) is 18.4 Å². The van der Waals surface area contributed by atoms with Gasteiger partial charge in [-0.1, -0.05) is 67.9 Å². The van der Waals surface area contributed by atoms with Gasteiger partial charge in [-0.15, -0.1) is 0 Å². The van der Waals surface area contributed by atoms with E-state index in [9.17, 15) is 18.8 Å². The summed E-state index contributed by atoms with van der Waals surface area (Å²) in [6.07, 6.45) is 6.17. The fraction of sp³-hybridized carbons (Fsp3) is 0.219. The normalized spacial score (nSPS) is 11.1. The molecule has 1 heterocycles. The van der Waals surface area contributed by atoms with Crippen LogP contribution in [0.4, 0.5) is 4.39 Å². The molecule has 0 radical (unpaired) electrons. The summed E-state index contributed by atoms with van der Waals surface area (Å²) in [6.45, 7) is 2.41. The molecule has 0 atom stereocenters. The van der Waals surface area contributed by atoms with Gasteiger partial charge >= 0.3 is 0 Å². The maximum atomic E-state index is 13.6. The summed E-state index contributed by atoms with van der Waals surface area (Å²) < 4.78 is 19.2. The number of unbranched alkanes of at least 4 members (excludes halogenated alkanes) is 1. The molecule has 0 unspecified atom stereocenters. The second kappa shape index (κ2) is 13.3. The van der Waals surface area contributed by atoms with Gasteiger partial charge in [0.05, 0.1) is 23.8 Å². The number of carbonyl (C=O) groups excluding carboxylic acids is 2. The number of hydrogen-bond donors (Lipinski definition) is 0. The third-order valence-electron chi connectivity index (χ3n) is 6.39. The van der Waals surface area contributed by atoms with E-state index >= 15 is 0 Å². The van der Waals surface area contributed by atoms with E-state index in [1.54, 1.807) is 42.5 Å². The van der Waals surface area contributed by atoms with Gasteiger partial charge < -0.3 is 14.2 Å². The molecular weight excluding hydrogens is 495 g/mol.